The lowest BCUT2D eigenvalue weighted by molar-refractivity contribution is 0.670. The second-order valence-corrected chi connectivity index (χ2v) is 18.4. The van der Waals surface area contributed by atoms with E-state index in [1.54, 1.807) is 0 Å². The third-order valence-electron chi connectivity index (χ3n) is 14.3. The predicted molar refractivity (Wildman–Crippen MR) is 298 cm³/mol. The Morgan fingerprint density at radius 1 is 0.239 bits per heavy atom. The smallest absolute Gasteiger partial charge is 0.143 e. The Bertz CT molecular complexity index is 4080. The van der Waals surface area contributed by atoms with E-state index in [4.69, 9.17) is 8.83 Å². The van der Waals surface area contributed by atoms with Crippen LogP contribution >= 0.6 is 0 Å². The lowest BCUT2D eigenvalue weighted by atomic mass is 9.96. The van der Waals surface area contributed by atoms with E-state index >= 15 is 0 Å². The van der Waals surface area contributed by atoms with Gasteiger partial charge in [0.1, 0.15) is 22.3 Å². The molecular weight excluding hydrogens is 863 g/mol. The van der Waals surface area contributed by atoms with E-state index < -0.39 is 0 Å². The first-order valence-corrected chi connectivity index (χ1v) is 24.2. The summed E-state index contributed by atoms with van der Waals surface area (Å²) in [4.78, 5) is 2.34. The van der Waals surface area contributed by atoms with Gasteiger partial charge in [0.05, 0.1) is 0 Å². The molecular formula is C68H43NO2. The molecule has 14 rings (SSSR count). The molecule has 2 aromatic heterocycles. The molecule has 3 nitrogen and oxygen atoms in total. The Labute approximate surface area is 410 Å². The molecule has 12 aromatic carbocycles. The average Bonchev–Trinajstić information content (AvgIpc) is 4.04. The van der Waals surface area contributed by atoms with E-state index in [9.17, 15) is 0 Å². The highest BCUT2D eigenvalue weighted by Crippen LogP contribution is 2.45. The molecule has 3 heteroatoms. The Morgan fingerprint density at radius 3 is 0.930 bits per heavy atom. The summed E-state index contributed by atoms with van der Waals surface area (Å²) in [7, 11) is 0. The second kappa shape index (κ2) is 16.7. The van der Waals surface area contributed by atoms with Crippen molar-refractivity contribution >= 4 is 82.5 Å². The summed E-state index contributed by atoms with van der Waals surface area (Å²) in [5, 5.41) is 9.32. The number of anilines is 3. The van der Waals surface area contributed by atoms with Gasteiger partial charge in [0.2, 0.25) is 0 Å². The normalized spacial score (nSPS) is 11.7. The van der Waals surface area contributed by atoms with Crippen LogP contribution in [0.25, 0.3) is 121 Å². The highest BCUT2D eigenvalue weighted by molar-refractivity contribution is 6.23. The van der Waals surface area contributed by atoms with Crippen molar-refractivity contribution < 1.29 is 8.83 Å². The van der Waals surface area contributed by atoms with E-state index in [1.807, 2.05) is 12.1 Å². The molecule has 0 radical (unpaired) electrons. The van der Waals surface area contributed by atoms with E-state index in [0.29, 0.717) is 0 Å². The van der Waals surface area contributed by atoms with E-state index in [1.165, 1.54) is 49.4 Å². The lowest BCUT2D eigenvalue weighted by Crippen LogP contribution is -2.09. The van der Waals surface area contributed by atoms with Crippen molar-refractivity contribution in [3.8, 4) is 55.6 Å². The third kappa shape index (κ3) is 6.97. The highest BCUT2D eigenvalue weighted by atomic mass is 16.3. The van der Waals surface area contributed by atoms with Crippen molar-refractivity contribution in [1.29, 1.82) is 0 Å². The van der Waals surface area contributed by atoms with Gasteiger partial charge >= 0.3 is 0 Å². The first-order valence-electron chi connectivity index (χ1n) is 24.2. The van der Waals surface area contributed by atoms with Crippen molar-refractivity contribution in [3.05, 3.63) is 261 Å². The maximum absolute atomic E-state index is 6.66. The van der Waals surface area contributed by atoms with Crippen LogP contribution < -0.4 is 4.90 Å². The van der Waals surface area contributed by atoms with Crippen LogP contribution in [-0.2, 0) is 0 Å². The second-order valence-electron chi connectivity index (χ2n) is 18.4. The number of nitrogens with zero attached hydrogens (tertiary/aromatic N) is 1. The van der Waals surface area contributed by atoms with Crippen LogP contribution in [0.15, 0.2) is 270 Å². The number of rotatable bonds is 8. The molecule has 0 fully saturated rings. The Morgan fingerprint density at radius 2 is 0.535 bits per heavy atom. The molecule has 0 aliphatic rings. The average molecular weight is 906 g/mol. The first kappa shape index (κ1) is 40.6. The number of benzene rings is 12. The lowest BCUT2D eigenvalue weighted by Gasteiger charge is -2.26. The van der Waals surface area contributed by atoms with Gasteiger partial charge in [0.15, 0.2) is 0 Å². The third-order valence-corrected chi connectivity index (χ3v) is 14.3. The fraction of sp³-hybridized carbons (Fsp3) is 0. The summed E-state index contributed by atoms with van der Waals surface area (Å²) in [5.74, 6) is 0. The number of hydrogen-bond donors (Lipinski definition) is 0. The molecule has 0 bridgehead atoms. The quantitative estimate of drug-likeness (QED) is 0.152. The Kier molecular flexibility index (Phi) is 9.53. The molecule has 0 atom stereocenters. The van der Waals surface area contributed by atoms with Crippen molar-refractivity contribution in [2.75, 3.05) is 4.90 Å². The fourth-order valence-corrected chi connectivity index (χ4v) is 10.7. The SMILES string of the molecule is c1ccc(-c2ccc(-c3ccc(-c4ccc(N(c5ccc(-c6cc7ccccc7c7c6oc6ccccc67)cc5)c5ccc(-c6cc7ccccc7c7c6oc6ccccc67)cc5)cc4)cc3)cc2)cc1. The zero-order valence-electron chi connectivity index (χ0n) is 38.6. The summed E-state index contributed by atoms with van der Waals surface area (Å²) in [6, 6.07) is 93.5. The van der Waals surface area contributed by atoms with Crippen LogP contribution in [0.1, 0.15) is 0 Å². The van der Waals surface area contributed by atoms with Gasteiger partial charge in [-0.1, -0.05) is 200 Å². The Hall–Kier alpha value is -9.44. The van der Waals surface area contributed by atoms with Crippen LogP contribution in [0.4, 0.5) is 17.1 Å². The monoisotopic (exact) mass is 905 g/mol. The number of hydrogen-bond acceptors (Lipinski definition) is 3. The molecule has 0 aliphatic heterocycles. The molecule has 0 spiro atoms. The number of para-hydroxylation sites is 2. The van der Waals surface area contributed by atoms with E-state index in [-0.39, 0.29) is 0 Å². The predicted octanol–water partition coefficient (Wildman–Crippen LogP) is 19.6. The molecule has 0 amide bonds. The summed E-state index contributed by atoms with van der Waals surface area (Å²) < 4.78 is 13.3. The summed E-state index contributed by atoms with van der Waals surface area (Å²) in [6.07, 6.45) is 0. The zero-order valence-corrected chi connectivity index (χ0v) is 38.6. The molecule has 332 valence electrons. The minimum atomic E-state index is 0.893. The highest BCUT2D eigenvalue weighted by Gasteiger charge is 2.20. The fourth-order valence-electron chi connectivity index (χ4n) is 10.7. The zero-order chi connectivity index (χ0) is 46.8. The van der Waals surface area contributed by atoms with Gasteiger partial charge in [0.25, 0.3) is 0 Å². The van der Waals surface area contributed by atoms with Gasteiger partial charge in [-0.15, -0.1) is 0 Å². The van der Waals surface area contributed by atoms with Gasteiger partial charge in [-0.2, -0.15) is 0 Å². The van der Waals surface area contributed by atoms with Gasteiger partial charge in [0, 0.05) is 49.7 Å². The van der Waals surface area contributed by atoms with Gasteiger partial charge in [-0.3, -0.25) is 0 Å². The molecule has 0 saturated carbocycles. The Balaban J connectivity index is 0.843. The van der Waals surface area contributed by atoms with E-state index in [0.717, 1.165) is 88.8 Å². The van der Waals surface area contributed by atoms with Crippen LogP contribution in [0.2, 0.25) is 0 Å². The van der Waals surface area contributed by atoms with Crippen LogP contribution in [0, 0.1) is 0 Å². The minimum Gasteiger partial charge on any atom is -0.455 e. The molecule has 0 saturated heterocycles. The van der Waals surface area contributed by atoms with Crippen LogP contribution in [0.3, 0.4) is 0 Å². The summed E-state index contributed by atoms with van der Waals surface area (Å²) in [5.41, 5.74) is 18.2. The molecule has 2 heterocycles. The van der Waals surface area contributed by atoms with Gasteiger partial charge < -0.3 is 13.7 Å². The standard InChI is InChI=1S/C68H43NO2/c1-2-12-44(13-3-1)45-22-24-46(25-23-45)47-26-28-48(29-27-47)49-30-36-54(37-31-49)69(55-38-32-50(33-39-55)61-42-52-14-4-6-16-57(52)65-59-18-8-10-20-63(59)70-67(61)65)56-40-34-51(35-41-56)62-43-53-15-5-7-17-58(53)66-60-19-9-11-21-64(60)71-68(62)66/h1-43H. The van der Waals surface area contributed by atoms with Gasteiger partial charge in [-0.25, -0.2) is 0 Å². The largest absolute Gasteiger partial charge is 0.455 e. The number of fused-ring (bicyclic) bond motifs is 10. The van der Waals surface area contributed by atoms with Crippen LogP contribution in [0.5, 0.6) is 0 Å². The van der Waals surface area contributed by atoms with Gasteiger partial charge in [-0.05, 0) is 127 Å². The molecule has 71 heavy (non-hydrogen) atoms. The summed E-state index contributed by atoms with van der Waals surface area (Å²) in [6.45, 7) is 0. The first-order chi connectivity index (χ1) is 35.2. The summed E-state index contributed by atoms with van der Waals surface area (Å²) >= 11 is 0. The topological polar surface area (TPSA) is 29.5 Å². The molecule has 0 N–H and O–H groups in total. The van der Waals surface area contributed by atoms with Crippen molar-refractivity contribution in [3.63, 3.8) is 0 Å². The maximum Gasteiger partial charge on any atom is 0.143 e. The van der Waals surface area contributed by atoms with Crippen molar-refractivity contribution in [1.82, 2.24) is 0 Å². The van der Waals surface area contributed by atoms with E-state index in [2.05, 4.69) is 254 Å². The molecule has 14 aromatic rings. The number of furan rings is 2. The van der Waals surface area contributed by atoms with Crippen molar-refractivity contribution in [2.24, 2.45) is 0 Å². The molecule has 0 aliphatic carbocycles. The van der Waals surface area contributed by atoms with Crippen LogP contribution in [-0.4, -0.2) is 0 Å². The molecule has 0 unspecified atom stereocenters. The van der Waals surface area contributed by atoms with Crippen molar-refractivity contribution in [2.45, 2.75) is 0 Å². The maximum atomic E-state index is 6.66. The minimum absolute atomic E-state index is 0.893.